The molecule has 1 atom stereocenters. The van der Waals surface area contributed by atoms with Gasteiger partial charge < -0.3 is 9.63 Å². The standard InChI is InChI=1S/C17H19FN4O2/c1-12-20-16(24-21-12)8-17(23)5-2-6-22(11-17)10-14-4-3-13(9-19)7-15(14)18/h3-4,7,23H,2,5-6,8,10-11H2,1H3. The quantitative estimate of drug-likeness (QED) is 0.922. The van der Waals surface area contributed by atoms with Crippen molar-refractivity contribution in [1.82, 2.24) is 15.0 Å². The van der Waals surface area contributed by atoms with Gasteiger partial charge in [-0.2, -0.15) is 10.2 Å². The van der Waals surface area contributed by atoms with Crippen molar-refractivity contribution in [1.29, 1.82) is 5.26 Å². The van der Waals surface area contributed by atoms with E-state index in [0.717, 1.165) is 13.0 Å². The van der Waals surface area contributed by atoms with Crippen molar-refractivity contribution < 1.29 is 14.0 Å². The van der Waals surface area contributed by atoms with Crippen LogP contribution in [-0.4, -0.2) is 38.8 Å². The van der Waals surface area contributed by atoms with E-state index >= 15 is 0 Å². The van der Waals surface area contributed by atoms with Crippen LogP contribution >= 0.6 is 0 Å². The summed E-state index contributed by atoms with van der Waals surface area (Å²) in [5, 5.41) is 23.4. The van der Waals surface area contributed by atoms with E-state index in [9.17, 15) is 9.50 Å². The molecule has 6 nitrogen and oxygen atoms in total. The van der Waals surface area contributed by atoms with Crippen LogP contribution < -0.4 is 0 Å². The normalized spacial score (nSPS) is 21.6. The fourth-order valence-corrected chi connectivity index (χ4v) is 3.16. The first kappa shape index (κ1) is 16.6. The summed E-state index contributed by atoms with van der Waals surface area (Å²) >= 11 is 0. The molecule has 1 N–H and O–H groups in total. The maximum atomic E-state index is 14.1. The van der Waals surface area contributed by atoms with Gasteiger partial charge in [0.05, 0.1) is 23.7 Å². The number of aromatic nitrogens is 2. The minimum atomic E-state index is -0.958. The number of hydrogen-bond acceptors (Lipinski definition) is 6. The average molecular weight is 330 g/mol. The van der Waals surface area contributed by atoms with Crippen molar-refractivity contribution >= 4 is 0 Å². The van der Waals surface area contributed by atoms with Crippen LogP contribution in [0, 0.1) is 24.1 Å². The SMILES string of the molecule is Cc1noc(CC2(O)CCCN(Cc3ccc(C#N)cc3F)C2)n1. The zero-order valence-electron chi connectivity index (χ0n) is 13.5. The molecule has 0 saturated carbocycles. The predicted molar refractivity (Wildman–Crippen MR) is 83.3 cm³/mol. The number of likely N-dealkylation sites (tertiary alicyclic amines) is 1. The topological polar surface area (TPSA) is 86.2 Å². The lowest BCUT2D eigenvalue weighted by atomic mass is 9.89. The summed E-state index contributed by atoms with van der Waals surface area (Å²) in [6.07, 6.45) is 1.74. The summed E-state index contributed by atoms with van der Waals surface area (Å²) in [7, 11) is 0. The lowest BCUT2D eigenvalue weighted by Gasteiger charge is -2.38. The maximum Gasteiger partial charge on any atom is 0.229 e. The Morgan fingerprint density at radius 1 is 1.50 bits per heavy atom. The number of aliphatic hydroxyl groups is 1. The smallest absolute Gasteiger partial charge is 0.229 e. The van der Waals surface area contributed by atoms with Gasteiger partial charge in [-0.1, -0.05) is 11.2 Å². The predicted octanol–water partition coefficient (Wildman–Crippen LogP) is 1.96. The fourth-order valence-electron chi connectivity index (χ4n) is 3.16. The van der Waals surface area contributed by atoms with Gasteiger partial charge in [0, 0.05) is 18.7 Å². The molecule has 1 saturated heterocycles. The third-order valence-electron chi connectivity index (χ3n) is 4.26. The molecular formula is C17H19FN4O2. The van der Waals surface area contributed by atoms with Gasteiger partial charge in [0.25, 0.3) is 0 Å². The summed E-state index contributed by atoms with van der Waals surface area (Å²) in [6.45, 7) is 3.32. The molecule has 2 aromatic rings. The van der Waals surface area contributed by atoms with Gasteiger partial charge in [0.1, 0.15) is 5.82 Å². The lowest BCUT2D eigenvalue weighted by Crippen LogP contribution is -2.49. The van der Waals surface area contributed by atoms with Gasteiger partial charge in [-0.25, -0.2) is 4.39 Å². The van der Waals surface area contributed by atoms with Crippen LogP contribution in [0.15, 0.2) is 22.7 Å². The second-order valence-electron chi connectivity index (χ2n) is 6.37. The number of benzene rings is 1. The van der Waals surface area contributed by atoms with Gasteiger partial charge in [-0.05, 0) is 38.4 Å². The van der Waals surface area contributed by atoms with E-state index in [1.54, 1.807) is 19.1 Å². The number of nitrogens with zero attached hydrogens (tertiary/aromatic N) is 4. The highest BCUT2D eigenvalue weighted by Gasteiger charge is 2.35. The summed E-state index contributed by atoms with van der Waals surface area (Å²) in [5.74, 6) is 0.568. The molecular weight excluding hydrogens is 311 g/mol. The van der Waals surface area contributed by atoms with Crippen LogP contribution in [0.3, 0.4) is 0 Å². The lowest BCUT2D eigenvalue weighted by molar-refractivity contribution is -0.0376. The first-order valence-electron chi connectivity index (χ1n) is 7.90. The number of rotatable bonds is 4. The van der Waals surface area contributed by atoms with Crippen molar-refractivity contribution in [2.24, 2.45) is 0 Å². The van der Waals surface area contributed by atoms with Crippen LogP contribution in [0.1, 0.15) is 35.7 Å². The molecule has 0 amide bonds. The van der Waals surface area contributed by atoms with Crippen molar-refractivity contribution in [2.45, 2.75) is 38.3 Å². The largest absolute Gasteiger partial charge is 0.388 e. The third kappa shape index (κ3) is 3.78. The van der Waals surface area contributed by atoms with Crippen LogP contribution in [0.4, 0.5) is 4.39 Å². The summed E-state index contributed by atoms with van der Waals surface area (Å²) < 4.78 is 19.2. The van der Waals surface area contributed by atoms with Crippen molar-refractivity contribution in [3.63, 3.8) is 0 Å². The highest BCUT2D eigenvalue weighted by atomic mass is 19.1. The zero-order valence-corrected chi connectivity index (χ0v) is 13.5. The summed E-state index contributed by atoms with van der Waals surface area (Å²) in [4.78, 5) is 6.16. The molecule has 0 aliphatic carbocycles. The highest BCUT2D eigenvalue weighted by Crippen LogP contribution is 2.26. The Balaban J connectivity index is 1.68. The highest BCUT2D eigenvalue weighted by molar-refractivity contribution is 5.32. The van der Waals surface area contributed by atoms with E-state index in [4.69, 9.17) is 9.78 Å². The number of β-amino-alcohol motifs (C(OH)–C–C–N with tert-alkyl or cyclic N) is 1. The molecule has 0 radical (unpaired) electrons. The van der Waals surface area contributed by atoms with Crippen molar-refractivity contribution in [3.8, 4) is 6.07 Å². The molecule has 3 rings (SSSR count). The van der Waals surface area contributed by atoms with Gasteiger partial charge in [0.2, 0.25) is 5.89 Å². The number of nitriles is 1. The molecule has 24 heavy (non-hydrogen) atoms. The fraction of sp³-hybridized carbons (Fsp3) is 0.471. The zero-order chi connectivity index (χ0) is 17.2. The molecule has 1 aliphatic heterocycles. The van der Waals surface area contributed by atoms with Crippen LogP contribution in [0.2, 0.25) is 0 Å². The number of aryl methyl sites for hydroxylation is 1. The second-order valence-corrected chi connectivity index (χ2v) is 6.37. The van der Waals surface area contributed by atoms with E-state index in [0.29, 0.717) is 48.8 Å². The molecule has 1 aromatic heterocycles. The second kappa shape index (κ2) is 6.67. The minimum absolute atomic E-state index is 0.292. The summed E-state index contributed by atoms with van der Waals surface area (Å²) in [6, 6.07) is 6.40. The van der Waals surface area contributed by atoms with Gasteiger partial charge in [-0.15, -0.1) is 0 Å². The Hall–Kier alpha value is -2.30. The van der Waals surface area contributed by atoms with E-state index in [-0.39, 0.29) is 0 Å². The van der Waals surface area contributed by atoms with Gasteiger partial charge in [-0.3, -0.25) is 4.90 Å². The molecule has 7 heteroatoms. The first-order chi connectivity index (χ1) is 11.5. The summed E-state index contributed by atoms with van der Waals surface area (Å²) in [5.41, 5.74) is -0.134. The molecule has 1 aliphatic rings. The molecule has 1 fully saturated rings. The van der Waals surface area contributed by atoms with Crippen molar-refractivity contribution in [3.05, 3.63) is 46.9 Å². The first-order valence-corrected chi connectivity index (χ1v) is 7.90. The number of piperidine rings is 1. The average Bonchev–Trinajstić information content (AvgIpc) is 2.93. The molecule has 1 unspecified atom stereocenters. The van der Waals surface area contributed by atoms with Gasteiger partial charge >= 0.3 is 0 Å². The van der Waals surface area contributed by atoms with Crippen LogP contribution in [-0.2, 0) is 13.0 Å². The monoisotopic (exact) mass is 330 g/mol. The van der Waals surface area contributed by atoms with Crippen LogP contribution in [0.5, 0.6) is 0 Å². The molecule has 0 spiro atoms. The van der Waals surface area contributed by atoms with Gasteiger partial charge in [0.15, 0.2) is 5.82 Å². The molecule has 0 bridgehead atoms. The Morgan fingerprint density at radius 2 is 2.33 bits per heavy atom. The van der Waals surface area contributed by atoms with E-state index < -0.39 is 11.4 Å². The Kier molecular flexibility index (Phi) is 4.60. The third-order valence-corrected chi connectivity index (χ3v) is 4.26. The maximum absolute atomic E-state index is 14.1. The van der Waals surface area contributed by atoms with Crippen molar-refractivity contribution in [2.75, 3.05) is 13.1 Å². The Labute approximate surface area is 139 Å². The Morgan fingerprint density at radius 3 is 3.00 bits per heavy atom. The number of hydrogen-bond donors (Lipinski definition) is 1. The molecule has 1 aromatic carbocycles. The number of halogens is 1. The van der Waals surface area contributed by atoms with E-state index in [1.807, 2.05) is 11.0 Å². The minimum Gasteiger partial charge on any atom is -0.388 e. The molecule has 126 valence electrons. The molecule has 2 heterocycles. The van der Waals surface area contributed by atoms with E-state index in [2.05, 4.69) is 10.1 Å². The Bertz CT molecular complexity index is 770. The van der Waals surface area contributed by atoms with Crippen LogP contribution in [0.25, 0.3) is 0 Å². The van der Waals surface area contributed by atoms with E-state index in [1.165, 1.54) is 6.07 Å².